The molecule has 9 heteroatoms. The number of aromatic hydroxyl groups is 1. The van der Waals surface area contributed by atoms with Crippen molar-refractivity contribution in [2.75, 3.05) is 18.4 Å². The number of carbonyl (C=O) groups is 2. The Kier molecular flexibility index (Phi) is 7.70. The number of nitrogens with one attached hydrogen (secondary N) is 2. The first-order valence-corrected chi connectivity index (χ1v) is 12.1. The highest BCUT2D eigenvalue weighted by molar-refractivity contribution is 7.12. The summed E-state index contributed by atoms with van der Waals surface area (Å²) >= 11 is 1.27. The van der Waals surface area contributed by atoms with Gasteiger partial charge in [0.05, 0.1) is 10.6 Å². The molecule has 0 aliphatic rings. The summed E-state index contributed by atoms with van der Waals surface area (Å²) in [6, 6.07) is 20.8. The highest BCUT2D eigenvalue weighted by Crippen LogP contribution is 2.35. The standard InChI is InChI=1S/C27H23N5O3S/c28-11-5-12-30-26(34)18-7-3-6-17(14-18)20-15-22(19-8-1-2-9-23(19)33)31-25(21(20)16-29)32-27(35)24-10-4-13-36-24/h1-4,6-10,13-15,33H,5,11-12,28H2,(H,30,34)(H,31,32,35). The molecule has 0 saturated carbocycles. The Morgan fingerprint density at radius 1 is 1.03 bits per heavy atom. The number of carbonyl (C=O) groups excluding carboxylic acids is 2. The third-order valence-corrected chi connectivity index (χ3v) is 6.26. The zero-order chi connectivity index (χ0) is 25.5. The molecule has 0 radical (unpaired) electrons. The van der Waals surface area contributed by atoms with Gasteiger partial charge < -0.3 is 21.5 Å². The number of pyridine rings is 1. The van der Waals surface area contributed by atoms with Gasteiger partial charge in [0.1, 0.15) is 17.4 Å². The molecule has 0 unspecified atom stereocenters. The van der Waals surface area contributed by atoms with Gasteiger partial charge in [-0.3, -0.25) is 9.59 Å². The highest BCUT2D eigenvalue weighted by Gasteiger charge is 2.20. The van der Waals surface area contributed by atoms with E-state index < -0.39 is 5.91 Å². The Bertz CT molecular complexity index is 1440. The molecular formula is C27H23N5O3S. The molecule has 0 atom stereocenters. The van der Waals surface area contributed by atoms with Crippen molar-refractivity contribution in [2.24, 2.45) is 5.73 Å². The van der Waals surface area contributed by atoms with Crippen LogP contribution in [0.1, 0.15) is 32.0 Å². The summed E-state index contributed by atoms with van der Waals surface area (Å²) in [6.45, 7) is 0.923. The van der Waals surface area contributed by atoms with Crippen molar-refractivity contribution in [3.63, 3.8) is 0 Å². The van der Waals surface area contributed by atoms with Crippen LogP contribution in [0.25, 0.3) is 22.4 Å². The molecule has 2 aromatic heterocycles. The second-order valence-corrected chi connectivity index (χ2v) is 8.77. The first-order valence-electron chi connectivity index (χ1n) is 11.2. The third-order valence-electron chi connectivity index (χ3n) is 5.39. The van der Waals surface area contributed by atoms with Gasteiger partial charge in [-0.15, -0.1) is 11.3 Å². The average molecular weight is 498 g/mol. The molecule has 0 saturated heterocycles. The van der Waals surface area contributed by atoms with Gasteiger partial charge in [0.25, 0.3) is 11.8 Å². The van der Waals surface area contributed by atoms with Crippen LogP contribution in [0.4, 0.5) is 5.82 Å². The quantitative estimate of drug-likeness (QED) is 0.266. The number of nitrogens with two attached hydrogens (primary N) is 1. The Morgan fingerprint density at radius 2 is 1.86 bits per heavy atom. The average Bonchev–Trinajstić information content (AvgIpc) is 3.44. The fraction of sp³-hybridized carbons (Fsp3) is 0.111. The van der Waals surface area contributed by atoms with Crippen molar-refractivity contribution in [1.82, 2.24) is 10.3 Å². The summed E-state index contributed by atoms with van der Waals surface area (Å²) in [6.07, 6.45) is 0.658. The lowest BCUT2D eigenvalue weighted by molar-refractivity contribution is 0.0952. The second-order valence-electron chi connectivity index (χ2n) is 7.82. The Labute approximate surface area is 212 Å². The fourth-order valence-corrected chi connectivity index (χ4v) is 4.23. The van der Waals surface area contributed by atoms with Gasteiger partial charge in [0.2, 0.25) is 0 Å². The number of nitriles is 1. The van der Waals surface area contributed by atoms with E-state index in [0.29, 0.717) is 52.3 Å². The van der Waals surface area contributed by atoms with E-state index in [1.807, 2.05) is 0 Å². The number of hydrogen-bond acceptors (Lipinski definition) is 7. The SMILES string of the molecule is N#Cc1c(-c2cccc(C(=O)NCCCN)c2)cc(-c2ccccc2O)nc1NC(=O)c1cccs1. The van der Waals surface area contributed by atoms with Gasteiger partial charge in [0.15, 0.2) is 5.82 Å². The molecule has 4 rings (SSSR count). The van der Waals surface area contributed by atoms with Crippen molar-refractivity contribution in [1.29, 1.82) is 5.26 Å². The minimum absolute atomic E-state index is 0.00391. The summed E-state index contributed by atoms with van der Waals surface area (Å²) in [5.41, 5.74) is 7.90. The Hall–Kier alpha value is -4.52. The van der Waals surface area contributed by atoms with Crippen LogP contribution in [0.5, 0.6) is 5.75 Å². The zero-order valence-electron chi connectivity index (χ0n) is 19.2. The monoisotopic (exact) mass is 497 g/mol. The van der Waals surface area contributed by atoms with Crippen LogP contribution < -0.4 is 16.4 Å². The number of nitrogens with zero attached hydrogens (tertiary/aromatic N) is 2. The molecule has 0 aliphatic heterocycles. The van der Waals surface area contributed by atoms with E-state index in [4.69, 9.17) is 5.73 Å². The van der Waals surface area contributed by atoms with Crippen LogP contribution in [0, 0.1) is 11.3 Å². The predicted molar refractivity (Wildman–Crippen MR) is 140 cm³/mol. The molecule has 2 aromatic carbocycles. The number of phenols is 1. The molecule has 0 spiro atoms. The minimum Gasteiger partial charge on any atom is -0.507 e. The Morgan fingerprint density at radius 3 is 2.58 bits per heavy atom. The Balaban J connectivity index is 1.83. The van der Waals surface area contributed by atoms with Gasteiger partial charge in [-0.1, -0.05) is 30.3 Å². The number of hydrogen-bond donors (Lipinski definition) is 4. The van der Waals surface area contributed by atoms with Crippen molar-refractivity contribution < 1.29 is 14.7 Å². The van der Waals surface area contributed by atoms with Crippen LogP contribution in [0.3, 0.4) is 0 Å². The predicted octanol–water partition coefficient (Wildman–Crippen LogP) is 4.39. The van der Waals surface area contributed by atoms with E-state index in [1.54, 1.807) is 66.0 Å². The lowest BCUT2D eigenvalue weighted by atomic mass is 9.96. The van der Waals surface area contributed by atoms with Crippen LogP contribution in [-0.2, 0) is 0 Å². The van der Waals surface area contributed by atoms with Gasteiger partial charge in [0, 0.05) is 23.2 Å². The normalized spacial score (nSPS) is 10.4. The lowest BCUT2D eigenvalue weighted by Gasteiger charge is -2.14. The number of thiophene rings is 1. The van der Waals surface area contributed by atoms with Crippen LogP contribution in [0.2, 0.25) is 0 Å². The first kappa shape index (κ1) is 24.6. The van der Waals surface area contributed by atoms with Crippen molar-refractivity contribution in [3.8, 4) is 34.2 Å². The molecule has 0 fully saturated rings. The highest BCUT2D eigenvalue weighted by atomic mass is 32.1. The van der Waals surface area contributed by atoms with E-state index >= 15 is 0 Å². The molecule has 2 amide bonds. The van der Waals surface area contributed by atoms with Crippen molar-refractivity contribution >= 4 is 29.0 Å². The van der Waals surface area contributed by atoms with E-state index in [2.05, 4.69) is 21.7 Å². The maximum atomic E-state index is 12.8. The summed E-state index contributed by atoms with van der Waals surface area (Å²) in [7, 11) is 0. The number of phenolic OH excluding ortho intramolecular Hbond substituents is 1. The summed E-state index contributed by atoms with van der Waals surface area (Å²) in [5, 5.41) is 27.8. The van der Waals surface area contributed by atoms with Crippen LogP contribution in [-0.4, -0.2) is 35.0 Å². The van der Waals surface area contributed by atoms with Crippen LogP contribution in [0.15, 0.2) is 72.1 Å². The largest absolute Gasteiger partial charge is 0.507 e. The van der Waals surface area contributed by atoms with Gasteiger partial charge in [-0.25, -0.2) is 4.98 Å². The third kappa shape index (κ3) is 5.41. The first-order chi connectivity index (χ1) is 17.5. The fourth-order valence-electron chi connectivity index (χ4n) is 3.62. The molecule has 2 heterocycles. The zero-order valence-corrected chi connectivity index (χ0v) is 20.0. The second kappa shape index (κ2) is 11.3. The summed E-state index contributed by atoms with van der Waals surface area (Å²) in [4.78, 5) is 30.4. The van der Waals surface area contributed by atoms with E-state index in [0.717, 1.165) is 0 Å². The number of amides is 2. The van der Waals surface area contributed by atoms with E-state index in [9.17, 15) is 20.0 Å². The number of benzene rings is 2. The number of anilines is 1. The molecule has 36 heavy (non-hydrogen) atoms. The molecule has 180 valence electrons. The van der Waals surface area contributed by atoms with E-state index in [-0.39, 0.29) is 23.0 Å². The smallest absolute Gasteiger partial charge is 0.266 e. The minimum atomic E-state index is -0.401. The maximum Gasteiger partial charge on any atom is 0.266 e. The van der Waals surface area contributed by atoms with Gasteiger partial charge in [-0.05, 0) is 60.3 Å². The number of para-hydroxylation sites is 1. The lowest BCUT2D eigenvalue weighted by Crippen LogP contribution is -2.25. The van der Waals surface area contributed by atoms with Crippen LogP contribution >= 0.6 is 11.3 Å². The molecule has 0 aliphatic carbocycles. The topological polar surface area (TPSA) is 141 Å². The molecular weight excluding hydrogens is 474 g/mol. The molecule has 4 aromatic rings. The molecule has 5 N–H and O–H groups in total. The van der Waals surface area contributed by atoms with Crippen molar-refractivity contribution in [2.45, 2.75) is 6.42 Å². The van der Waals surface area contributed by atoms with Gasteiger partial charge >= 0.3 is 0 Å². The number of aromatic nitrogens is 1. The summed E-state index contributed by atoms with van der Waals surface area (Å²) in [5.74, 6) is -0.596. The molecule has 8 nitrogen and oxygen atoms in total. The summed E-state index contributed by atoms with van der Waals surface area (Å²) < 4.78 is 0. The maximum absolute atomic E-state index is 12.8. The van der Waals surface area contributed by atoms with Crippen molar-refractivity contribution in [3.05, 3.63) is 88.1 Å². The molecule has 0 bridgehead atoms. The number of rotatable bonds is 8. The van der Waals surface area contributed by atoms with Gasteiger partial charge in [-0.2, -0.15) is 5.26 Å². The van der Waals surface area contributed by atoms with E-state index in [1.165, 1.54) is 17.4 Å².